The van der Waals surface area contributed by atoms with Gasteiger partial charge in [0.1, 0.15) is 0 Å². The third-order valence-corrected chi connectivity index (χ3v) is 13.9. The molecule has 0 saturated heterocycles. The molecule has 4 heteroatoms. The maximum atomic E-state index is 2.36. The smallest absolute Gasteiger partial charge is 0.0468 e. The molecule has 354 valence electrons. The molecule has 12 aromatic rings. The van der Waals surface area contributed by atoms with Gasteiger partial charge in [0.15, 0.2) is 0 Å². The standard InChI is InChI=1S/C70H54N4/c1-51-21-31-61(32-22-51)71(59-17-5-3-6-18-59)65-41-45-67(46-42-65)73(69-39-29-53-13-9-11-15-57(53)49-69)63-35-25-55(26-36-63)56-27-37-64(38-28-56)74(70-40-30-54-14-10-12-16-58(54)50-70)68-47-43-66(44-48-68)72(60-19-7-4-8-20-60)62-33-23-52(2)24-34-62/h3-50H,1-2H3. The largest absolute Gasteiger partial charge is 0.311 e. The highest BCUT2D eigenvalue weighted by Crippen LogP contribution is 2.43. The molecule has 0 radical (unpaired) electrons. The second kappa shape index (κ2) is 20.2. The fourth-order valence-electron chi connectivity index (χ4n) is 10.1. The molecular formula is C70H54N4. The molecule has 0 aromatic heterocycles. The summed E-state index contributed by atoms with van der Waals surface area (Å²) in [5.74, 6) is 0. The van der Waals surface area contributed by atoms with E-state index in [1.165, 1.54) is 32.7 Å². The van der Waals surface area contributed by atoms with Crippen molar-refractivity contribution in [3.8, 4) is 11.1 Å². The van der Waals surface area contributed by atoms with Crippen molar-refractivity contribution in [1.29, 1.82) is 0 Å². The van der Waals surface area contributed by atoms with E-state index in [2.05, 4.69) is 325 Å². The Bertz CT molecular complexity index is 3560. The van der Waals surface area contributed by atoms with Crippen molar-refractivity contribution in [1.82, 2.24) is 0 Å². The number of hydrogen-bond acceptors (Lipinski definition) is 4. The third kappa shape index (κ3) is 9.36. The van der Waals surface area contributed by atoms with Crippen LogP contribution in [-0.2, 0) is 0 Å². The zero-order valence-corrected chi connectivity index (χ0v) is 41.5. The third-order valence-electron chi connectivity index (χ3n) is 13.9. The van der Waals surface area contributed by atoms with E-state index >= 15 is 0 Å². The summed E-state index contributed by atoms with van der Waals surface area (Å²) in [6.45, 7) is 4.26. The van der Waals surface area contributed by atoms with Crippen LogP contribution in [0.2, 0.25) is 0 Å². The van der Waals surface area contributed by atoms with E-state index in [0.29, 0.717) is 0 Å². The van der Waals surface area contributed by atoms with Crippen LogP contribution < -0.4 is 19.6 Å². The quantitative estimate of drug-likeness (QED) is 0.114. The first-order valence-corrected chi connectivity index (χ1v) is 25.3. The summed E-state index contributed by atoms with van der Waals surface area (Å²) in [7, 11) is 0. The van der Waals surface area contributed by atoms with Crippen LogP contribution >= 0.6 is 0 Å². The first kappa shape index (κ1) is 45.5. The minimum absolute atomic E-state index is 1.07. The Morgan fingerprint density at radius 1 is 0.176 bits per heavy atom. The second-order valence-corrected chi connectivity index (χ2v) is 18.9. The molecule has 12 rings (SSSR count). The lowest BCUT2D eigenvalue weighted by molar-refractivity contribution is 1.25. The highest BCUT2D eigenvalue weighted by molar-refractivity contribution is 5.92. The van der Waals surface area contributed by atoms with Gasteiger partial charge in [-0.1, -0.05) is 157 Å². The first-order chi connectivity index (χ1) is 36.5. The lowest BCUT2D eigenvalue weighted by atomic mass is 10.0. The van der Waals surface area contributed by atoms with Crippen LogP contribution in [0.4, 0.5) is 68.2 Å². The average Bonchev–Trinajstić information content (AvgIpc) is 3.46. The summed E-state index contributed by atoms with van der Waals surface area (Å²) in [5.41, 5.74) is 17.9. The molecule has 0 aliphatic carbocycles. The molecule has 0 fully saturated rings. The molecule has 0 saturated carbocycles. The molecule has 0 unspecified atom stereocenters. The van der Waals surface area contributed by atoms with Gasteiger partial charge in [0, 0.05) is 68.2 Å². The number of fused-ring (bicyclic) bond motifs is 2. The SMILES string of the molecule is Cc1ccc(N(c2ccccc2)c2ccc(N(c3ccc(-c4ccc(N(c5ccc(N(c6ccccc6)c6ccc(C)cc6)cc5)c5ccc6ccccc6c5)cc4)cc3)c3ccc4ccccc4c3)cc2)cc1. The van der Waals surface area contributed by atoms with Gasteiger partial charge in [-0.05, 0) is 192 Å². The Labute approximate surface area is 434 Å². The van der Waals surface area contributed by atoms with Gasteiger partial charge in [-0.25, -0.2) is 0 Å². The van der Waals surface area contributed by atoms with Gasteiger partial charge >= 0.3 is 0 Å². The van der Waals surface area contributed by atoms with E-state index in [-0.39, 0.29) is 0 Å². The second-order valence-electron chi connectivity index (χ2n) is 18.9. The fraction of sp³-hybridized carbons (Fsp3) is 0.0286. The molecule has 0 aliphatic heterocycles. The molecule has 74 heavy (non-hydrogen) atoms. The Morgan fingerprint density at radius 2 is 0.392 bits per heavy atom. The summed E-state index contributed by atoms with van der Waals surface area (Å²) in [6, 6.07) is 105. The van der Waals surface area contributed by atoms with Crippen LogP contribution in [0.15, 0.2) is 291 Å². The number of aryl methyl sites for hydroxylation is 2. The molecule has 0 atom stereocenters. The average molecular weight is 951 g/mol. The normalized spacial score (nSPS) is 11.1. The molecule has 0 amide bonds. The van der Waals surface area contributed by atoms with Crippen molar-refractivity contribution in [2.24, 2.45) is 0 Å². The Morgan fingerprint density at radius 3 is 0.703 bits per heavy atom. The summed E-state index contributed by atoms with van der Waals surface area (Å²) in [5, 5.41) is 4.82. The molecule has 12 aromatic carbocycles. The Kier molecular flexibility index (Phi) is 12.4. The molecule has 0 spiro atoms. The van der Waals surface area contributed by atoms with Crippen LogP contribution in [0.25, 0.3) is 32.7 Å². The number of rotatable bonds is 13. The molecule has 0 aliphatic rings. The molecule has 0 N–H and O–H groups in total. The van der Waals surface area contributed by atoms with Gasteiger partial charge in [-0.15, -0.1) is 0 Å². The molecule has 0 heterocycles. The van der Waals surface area contributed by atoms with Crippen molar-refractivity contribution in [3.63, 3.8) is 0 Å². The highest BCUT2D eigenvalue weighted by atomic mass is 15.2. The van der Waals surface area contributed by atoms with Gasteiger partial charge in [0.25, 0.3) is 0 Å². The number of hydrogen-bond donors (Lipinski definition) is 0. The predicted molar refractivity (Wildman–Crippen MR) is 315 cm³/mol. The van der Waals surface area contributed by atoms with Crippen LogP contribution in [-0.4, -0.2) is 0 Å². The Hall–Kier alpha value is -9.64. The summed E-state index contributed by atoms with van der Waals surface area (Å²) in [6.07, 6.45) is 0. The van der Waals surface area contributed by atoms with Crippen LogP contribution in [0.3, 0.4) is 0 Å². The van der Waals surface area contributed by atoms with Crippen LogP contribution in [0.5, 0.6) is 0 Å². The summed E-state index contributed by atoms with van der Waals surface area (Å²) in [4.78, 5) is 9.34. The van der Waals surface area contributed by atoms with E-state index in [9.17, 15) is 0 Å². The van der Waals surface area contributed by atoms with Crippen LogP contribution in [0, 0.1) is 13.8 Å². The zero-order valence-electron chi connectivity index (χ0n) is 41.5. The van der Waals surface area contributed by atoms with E-state index in [4.69, 9.17) is 0 Å². The van der Waals surface area contributed by atoms with E-state index < -0.39 is 0 Å². The van der Waals surface area contributed by atoms with Gasteiger partial charge in [0.2, 0.25) is 0 Å². The lowest BCUT2D eigenvalue weighted by Gasteiger charge is -2.29. The number of para-hydroxylation sites is 2. The van der Waals surface area contributed by atoms with Crippen molar-refractivity contribution in [2.75, 3.05) is 19.6 Å². The summed E-state index contributed by atoms with van der Waals surface area (Å²) < 4.78 is 0. The number of benzene rings is 12. The summed E-state index contributed by atoms with van der Waals surface area (Å²) >= 11 is 0. The van der Waals surface area contributed by atoms with E-state index in [1.807, 2.05) is 0 Å². The van der Waals surface area contributed by atoms with Gasteiger partial charge in [0.05, 0.1) is 0 Å². The van der Waals surface area contributed by atoms with Gasteiger partial charge < -0.3 is 19.6 Å². The molecule has 0 bridgehead atoms. The topological polar surface area (TPSA) is 13.0 Å². The zero-order chi connectivity index (χ0) is 49.8. The van der Waals surface area contributed by atoms with Gasteiger partial charge in [-0.2, -0.15) is 0 Å². The van der Waals surface area contributed by atoms with Crippen LogP contribution in [0.1, 0.15) is 11.1 Å². The number of anilines is 12. The van der Waals surface area contributed by atoms with Gasteiger partial charge in [-0.3, -0.25) is 0 Å². The monoisotopic (exact) mass is 950 g/mol. The van der Waals surface area contributed by atoms with E-state index in [1.54, 1.807) is 0 Å². The first-order valence-electron chi connectivity index (χ1n) is 25.3. The highest BCUT2D eigenvalue weighted by Gasteiger charge is 2.19. The van der Waals surface area contributed by atoms with Crippen molar-refractivity contribution in [2.45, 2.75) is 13.8 Å². The maximum absolute atomic E-state index is 2.36. The fourth-order valence-corrected chi connectivity index (χ4v) is 10.1. The lowest BCUT2D eigenvalue weighted by Crippen LogP contribution is -2.12. The van der Waals surface area contributed by atoms with Crippen molar-refractivity contribution in [3.05, 3.63) is 302 Å². The minimum atomic E-state index is 1.07. The van der Waals surface area contributed by atoms with Crippen molar-refractivity contribution < 1.29 is 0 Å². The van der Waals surface area contributed by atoms with E-state index in [0.717, 1.165) is 79.4 Å². The molecular weight excluding hydrogens is 897 g/mol. The maximum Gasteiger partial charge on any atom is 0.0468 e. The molecule has 4 nitrogen and oxygen atoms in total. The Balaban J connectivity index is 0.877. The predicted octanol–water partition coefficient (Wildman–Crippen LogP) is 20.2. The number of nitrogens with zero attached hydrogens (tertiary/aromatic N) is 4. The van der Waals surface area contributed by atoms with Crippen molar-refractivity contribution >= 4 is 89.8 Å². The minimum Gasteiger partial charge on any atom is -0.311 e.